The van der Waals surface area contributed by atoms with Crippen LogP contribution in [0.3, 0.4) is 0 Å². The molecule has 0 bridgehead atoms. The topological polar surface area (TPSA) is 103 Å². The Balaban J connectivity index is 1.44. The maximum atomic E-state index is 12.5. The van der Waals surface area contributed by atoms with Crippen molar-refractivity contribution in [3.05, 3.63) is 77.5 Å². The Morgan fingerprint density at radius 1 is 1.13 bits per heavy atom. The molecule has 0 spiro atoms. The summed E-state index contributed by atoms with van der Waals surface area (Å²) in [6.07, 6.45) is 6.07. The molecule has 10 heteroatoms. The SMILES string of the molecule is CC(Oc1ncc(C(=O)Nc2nnc(-c3ccncc3)s2)cc1Cl)c1ccccn1. The normalized spacial score (nSPS) is 11.7. The molecule has 4 aromatic rings. The third-order valence-corrected chi connectivity index (χ3v) is 5.19. The lowest BCUT2D eigenvalue weighted by Crippen LogP contribution is -2.13. The van der Waals surface area contributed by atoms with Crippen LogP contribution in [-0.4, -0.2) is 31.1 Å². The van der Waals surface area contributed by atoms with E-state index in [0.717, 1.165) is 11.3 Å². The molecule has 150 valence electrons. The lowest BCUT2D eigenvalue weighted by molar-refractivity contribution is 0.102. The Bertz CT molecular complexity index is 1160. The van der Waals surface area contributed by atoms with Crippen LogP contribution in [0.15, 0.2) is 61.2 Å². The molecule has 0 aliphatic rings. The fourth-order valence-electron chi connectivity index (χ4n) is 2.53. The lowest BCUT2D eigenvalue weighted by Gasteiger charge is -2.14. The highest BCUT2D eigenvalue weighted by Gasteiger charge is 2.16. The minimum atomic E-state index is -0.397. The van der Waals surface area contributed by atoms with Gasteiger partial charge in [-0.2, -0.15) is 0 Å². The van der Waals surface area contributed by atoms with Crippen molar-refractivity contribution in [2.45, 2.75) is 13.0 Å². The molecule has 4 rings (SSSR count). The molecule has 0 aromatic carbocycles. The number of nitrogens with zero attached hydrogens (tertiary/aromatic N) is 5. The molecule has 8 nitrogen and oxygen atoms in total. The van der Waals surface area contributed by atoms with Crippen molar-refractivity contribution in [1.82, 2.24) is 25.1 Å². The van der Waals surface area contributed by atoms with E-state index in [0.29, 0.717) is 10.1 Å². The van der Waals surface area contributed by atoms with E-state index in [2.05, 4.69) is 30.5 Å². The summed E-state index contributed by atoms with van der Waals surface area (Å²) in [5, 5.41) is 12.1. The summed E-state index contributed by atoms with van der Waals surface area (Å²) < 4.78 is 5.77. The Morgan fingerprint density at radius 2 is 1.97 bits per heavy atom. The number of pyridine rings is 3. The van der Waals surface area contributed by atoms with Crippen molar-refractivity contribution < 1.29 is 9.53 Å². The molecule has 0 fully saturated rings. The van der Waals surface area contributed by atoms with E-state index >= 15 is 0 Å². The first-order valence-corrected chi connectivity index (χ1v) is 10.1. The van der Waals surface area contributed by atoms with Gasteiger partial charge in [-0.3, -0.25) is 20.1 Å². The van der Waals surface area contributed by atoms with E-state index in [1.807, 2.05) is 37.3 Å². The zero-order valence-corrected chi connectivity index (χ0v) is 17.3. The van der Waals surface area contributed by atoms with Gasteiger partial charge in [0, 0.05) is 30.4 Å². The van der Waals surface area contributed by atoms with Crippen LogP contribution in [0.4, 0.5) is 5.13 Å². The summed E-state index contributed by atoms with van der Waals surface area (Å²) in [5.74, 6) is -0.173. The number of rotatable bonds is 6. The minimum Gasteiger partial charge on any atom is -0.467 e. The van der Waals surface area contributed by atoms with Crippen LogP contribution in [0.5, 0.6) is 5.88 Å². The minimum absolute atomic E-state index is 0.222. The molecular weight excluding hydrogens is 424 g/mol. The Morgan fingerprint density at radius 3 is 2.70 bits per heavy atom. The lowest BCUT2D eigenvalue weighted by atomic mass is 10.2. The molecule has 1 amide bonds. The second-order valence-electron chi connectivity index (χ2n) is 6.13. The third-order valence-electron chi connectivity index (χ3n) is 4.04. The predicted molar refractivity (Wildman–Crippen MR) is 114 cm³/mol. The maximum absolute atomic E-state index is 12.5. The van der Waals surface area contributed by atoms with Crippen LogP contribution >= 0.6 is 22.9 Å². The van der Waals surface area contributed by atoms with E-state index in [9.17, 15) is 4.79 Å². The van der Waals surface area contributed by atoms with E-state index < -0.39 is 5.91 Å². The van der Waals surface area contributed by atoms with Crippen LogP contribution in [-0.2, 0) is 0 Å². The molecule has 0 saturated carbocycles. The number of amides is 1. The third kappa shape index (κ3) is 4.58. The molecule has 0 aliphatic carbocycles. The van der Waals surface area contributed by atoms with Crippen molar-refractivity contribution in [3.8, 4) is 16.5 Å². The molecule has 1 atom stereocenters. The van der Waals surface area contributed by atoms with E-state index in [4.69, 9.17) is 16.3 Å². The number of carbonyl (C=O) groups excluding carboxylic acids is 1. The van der Waals surface area contributed by atoms with E-state index in [1.165, 1.54) is 23.6 Å². The van der Waals surface area contributed by atoms with Crippen molar-refractivity contribution >= 4 is 34.0 Å². The summed E-state index contributed by atoms with van der Waals surface area (Å²) in [5.41, 5.74) is 1.90. The quantitative estimate of drug-likeness (QED) is 0.474. The summed E-state index contributed by atoms with van der Waals surface area (Å²) in [6.45, 7) is 1.84. The van der Waals surface area contributed by atoms with Crippen LogP contribution in [0.25, 0.3) is 10.6 Å². The standard InChI is InChI=1S/C20H15ClN6O2S/c1-12(16-4-2-3-7-23-16)29-18-15(21)10-14(11-24-18)17(28)25-20-27-26-19(30-20)13-5-8-22-9-6-13/h2-12H,1H3,(H,25,27,28). The first kappa shape index (κ1) is 19.9. The number of anilines is 1. The van der Waals surface area contributed by atoms with Gasteiger partial charge in [0.1, 0.15) is 16.1 Å². The van der Waals surface area contributed by atoms with Crippen LogP contribution in [0.2, 0.25) is 5.02 Å². The summed E-state index contributed by atoms with van der Waals surface area (Å²) in [6, 6.07) is 10.7. The van der Waals surface area contributed by atoms with Crippen molar-refractivity contribution in [2.75, 3.05) is 5.32 Å². The summed E-state index contributed by atoms with van der Waals surface area (Å²) in [4.78, 5) is 24.9. The van der Waals surface area contributed by atoms with Gasteiger partial charge < -0.3 is 4.74 Å². The van der Waals surface area contributed by atoms with Crippen molar-refractivity contribution in [1.29, 1.82) is 0 Å². The average Bonchev–Trinajstić information content (AvgIpc) is 3.24. The predicted octanol–water partition coefficient (Wildman–Crippen LogP) is 4.44. The molecule has 1 N–H and O–H groups in total. The van der Waals surface area contributed by atoms with Crippen LogP contribution in [0, 0.1) is 0 Å². The number of hydrogen-bond donors (Lipinski definition) is 1. The van der Waals surface area contributed by atoms with E-state index in [-0.39, 0.29) is 22.6 Å². The van der Waals surface area contributed by atoms with Crippen molar-refractivity contribution in [3.63, 3.8) is 0 Å². The number of ether oxygens (including phenoxy) is 1. The monoisotopic (exact) mass is 438 g/mol. The molecule has 4 heterocycles. The smallest absolute Gasteiger partial charge is 0.259 e. The largest absolute Gasteiger partial charge is 0.467 e. The number of carbonyl (C=O) groups is 1. The molecule has 0 aliphatic heterocycles. The van der Waals surface area contributed by atoms with Gasteiger partial charge in [0.05, 0.1) is 11.3 Å². The highest BCUT2D eigenvalue weighted by atomic mass is 35.5. The zero-order valence-electron chi connectivity index (χ0n) is 15.7. The highest BCUT2D eigenvalue weighted by molar-refractivity contribution is 7.18. The Labute approximate surface area is 181 Å². The fourth-order valence-corrected chi connectivity index (χ4v) is 3.49. The molecular formula is C20H15ClN6O2S. The van der Waals surface area contributed by atoms with Crippen molar-refractivity contribution in [2.24, 2.45) is 0 Å². The summed E-state index contributed by atoms with van der Waals surface area (Å²) in [7, 11) is 0. The van der Waals surface area contributed by atoms with Gasteiger partial charge in [-0.05, 0) is 37.3 Å². The Kier molecular flexibility index (Phi) is 5.92. The molecule has 30 heavy (non-hydrogen) atoms. The number of halogens is 1. The van der Waals surface area contributed by atoms with Gasteiger partial charge in [-0.1, -0.05) is 29.0 Å². The fraction of sp³-hybridized carbons (Fsp3) is 0.100. The number of nitrogens with one attached hydrogen (secondary N) is 1. The molecule has 0 saturated heterocycles. The van der Waals surface area contributed by atoms with Gasteiger partial charge in [-0.15, -0.1) is 10.2 Å². The maximum Gasteiger partial charge on any atom is 0.259 e. The first-order chi connectivity index (χ1) is 14.6. The van der Waals surface area contributed by atoms with Gasteiger partial charge >= 0.3 is 0 Å². The van der Waals surface area contributed by atoms with Gasteiger partial charge in [0.25, 0.3) is 5.91 Å². The van der Waals surface area contributed by atoms with Gasteiger partial charge in [0.15, 0.2) is 0 Å². The van der Waals surface area contributed by atoms with Crippen LogP contribution in [0.1, 0.15) is 29.1 Å². The number of aromatic nitrogens is 5. The highest BCUT2D eigenvalue weighted by Crippen LogP contribution is 2.28. The Hall–Kier alpha value is -3.43. The van der Waals surface area contributed by atoms with Gasteiger partial charge in [0.2, 0.25) is 11.0 Å². The molecule has 0 radical (unpaired) electrons. The molecule has 1 unspecified atom stereocenters. The average molecular weight is 439 g/mol. The first-order valence-electron chi connectivity index (χ1n) is 8.88. The van der Waals surface area contributed by atoms with E-state index in [1.54, 1.807) is 18.6 Å². The zero-order chi connectivity index (χ0) is 20.9. The number of hydrogen-bond acceptors (Lipinski definition) is 8. The second-order valence-corrected chi connectivity index (χ2v) is 7.51. The van der Waals surface area contributed by atoms with Gasteiger partial charge in [-0.25, -0.2) is 4.98 Å². The van der Waals surface area contributed by atoms with Crippen LogP contribution < -0.4 is 10.1 Å². The second kappa shape index (κ2) is 8.93. The summed E-state index contributed by atoms with van der Waals surface area (Å²) >= 11 is 7.53. The molecule has 4 aromatic heterocycles.